The number of para-hydroxylation sites is 3. The molecule has 6 aromatic carbocycles. The molecule has 9 aromatic rings. The number of aryl methyl sites for hydroxylation is 1. The summed E-state index contributed by atoms with van der Waals surface area (Å²) in [4.78, 5) is 5.12. The van der Waals surface area contributed by atoms with Crippen LogP contribution in [0, 0.1) is 0 Å². The summed E-state index contributed by atoms with van der Waals surface area (Å²) in [5.74, 6) is 0.933. The minimum absolute atomic E-state index is 0.0904. The fourth-order valence-corrected chi connectivity index (χ4v) is 8.06. The molecule has 5 nitrogen and oxygen atoms in total. The molecule has 234 valence electrons. The third-order valence-corrected chi connectivity index (χ3v) is 10.5. The number of hydrogen-bond acceptors (Lipinski definition) is 1. The number of imidazole rings is 2. The minimum Gasteiger partial charge on any atom is -0.309 e. The smallest absolute Gasteiger partial charge is 0.248 e. The summed E-state index contributed by atoms with van der Waals surface area (Å²) < 4.78 is 8.96. The molecule has 5 heteroatoms. The van der Waals surface area contributed by atoms with Gasteiger partial charge in [0, 0.05) is 33.1 Å². The van der Waals surface area contributed by atoms with Crippen molar-refractivity contribution in [1.82, 2.24) is 18.7 Å². The van der Waals surface area contributed by atoms with Gasteiger partial charge >= 0.3 is 0 Å². The zero-order valence-corrected chi connectivity index (χ0v) is 27.7. The molecule has 0 atom stereocenters. The standard InChI is InChI=1S/C44H34N5/c1-44(2)37-14-8-7-13-33(37)34-26-36-35-25-32(47-24-23-46(3)28-47)21-22-40(35)48(42(36)27-38(34)44)31-19-17-29(18-20-31)43-45-39-15-9-10-16-41(39)49(43)30-11-5-4-6-12-30/h4-28H,1-3H3/q+1. The van der Waals surface area contributed by atoms with Crippen molar-refractivity contribution in [2.24, 2.45) is 7.05 Å². The highest BCUT2D eigenvalue weighted by Crippen LogP contribution is 2.51. The minimum atomic E-state index is -0.0904. The second-order valence-corrected chi connectivity index (χ2v) is 13.8. The molecular formula is C44H34N5+. The predicted octanol–water partition coefficient (Wildman–Crippen LogP) is 9.71. The normalized spacial score (nSPS) is 13.4. The van der Waals surface area contributed by atoms with Crippen LogP contribution >= 0.6 is 0 Å². The molecule has 1 aliphatic carbocycles. The van der Waals surface area contributed by atoms with Crippen molar-refractivity contribution < 1.29 is 4.57 Å². The third-order valence-electron chi connectivity index (χ3n) is 10.5. The Kier molecular flexibility index (Phi) is 5.77. The Balaban J connectivity index is 1.19. The van der Waals surface area contributed by atoms with Crippen LogP contribution in [0.1, 0.15) is 25.0 Å². The molecule has 3 aromatic heterocycles. The van der Waals surface area contributed by atoms with E-state index < -0.39 is 0 Å². The first-order valence-corrected chi connectivity index (χ1v) is 16.9. The SMILES string of the molecule is C[n+]1ccn(-c2ccc3c(c2)c2cc4c(cc2n3-c2ccc(-c3nc5ccccc5n3-c3ccccc3)cc2)C(C)(C)c2ccccc2-4)c1. The second-order valence-electron chi connectivity index (χ2n) is 13.8. The molecule has 0 saturated carbocycles. The predicted molar refractivity (Wildman–Crippen MR) is 199 cm³/mol. The van der Waals surface area contributed by atoms with Gasteiger partial charge in [-0.15, -0.1) is 0 Å². The molecule has 0 fully saturated rings. The van der Waals surface area contributed by atoms with Crippen molar-refractivity contribution in [3.63, 3.8) is 0 Å². The topological polar surface area (TPSA) is 31.6 Å². The quantitative estimate of drug-likeness (QED) is 0.178. The van der Waals surface area contributed by atoms with Crippen molar-refractivity contribution in [3.05, 3.63) is 163 Å². The molecule has 0 bridgehead atoms. The average Bonchev–Trinajstić information content (AvgIpc) is 3.88. The first-order valence-electron chi connectivity index (χ1n) is 16.9. The Morgan fingerprint density at radius 3 is 2.10 bits per heavy atom. The van der Waals surface area contributed by atoms with E-state index >= 15 is 0 Å². The van der Waals surface area contributed by atoms with Crippen LogP contribution in [0.4, 0.5) is 0 Å². The van der Waals surface area contributed by atoms with Gasteiger partial charge in [-0.2, -0.15) is 0 Å². The maximum Gasteiger partial charge on any atom is 0.248 e. The largest absolute Gasteiger partial charge is 0.309 e. The van der Waals surface area contributed by atoms with Crippen LogP contribution in [0.3, 0.4) is 0 Å². The molecule has 3 heterocycles. The van der Waals surface area contributed by atoms with Crippen molar-refractivity contribution in [2.75, 3.05) is 0 Å². The lowest BCUT2D eigenvalue weighted by Crippen LogP contribution is -2.23. The highest BCUT2D eigenvalue weighted by molar-refractivity contribution is 6.12. The highest BCUT2D eigenvalue weighted by atomic mass is 15.1. The third kappa shape index (κ3) is 4.05. The molecule has 49 heavy (non-hydrogen) atoms. The molecule has 10 rings (SSSR count). The van der Waals surface area contributed by atoms with E-state index in [1.165, 1.54) is 44.1 Å². The summed E-state index contributed by atoms with van der Waals surface area (Å²) in [6.45, 7) is 4.71. The van der Waals surface area contributed by atoms with Crippen LogP contribution in [0.5, 0.6) is 0 Å². The summed E-state index contributed by atoms with van der Waals surface area (Å²) >= 11 is 0. The number of nitrogens with zero attached hydrogens (tertiary/aromatic N) is 5. The van der Waals surface area contributed by atoms with Gasteiger partial charge in [0.2, 0.25) is 6.33 Å². The van der Waals surface area contributed by atoms with E-state index in [-0.39, 0.29) is 5.41 Å². The summed E-state index contributed by atoms with van der Waals surface area (Å²) in [5.41, 5.74) is 14.3. The van der Waals surface area contributed by atoms with Crippen molar-refractivity contribution in [3.8, 4) is 39.6 Å². The summed E-state index contributed by atoms with van der Waals surface area (Å²) in [6, 6.07) is 48.4. The Labute approximate surface area is 284 Å². The zero-order chi connectivity index (χ0) is 32.9. The first kappa shape index (κ1) is 27.9. The second kappa shape index (κ2) is 10.1. The first-order chi connectivity index (χ1) is 24.0. The van der Waals surface area contributed by atoms with E-state index in [4.69, 9.17) is 4.98 Å². The highest BCUT2D eigenvalue weighted by Gasteiger charge is 2.36. The van der Waals surface area contributed by atoms with E-state index in [0.29, 0.717) is 0 Å². The number of fused-ring (bicyclic) bond motifs is 7. The van der Waals surface area contributed by atoms with Crippen LogP contribution in [0.15, 0.2) is 152 Å². The van der Waals surface area contributed by atoms with Crippen molar-refractivity contribution in [1.29, 1.82) is 0 Å². The van der Waals surface area contributed by atoms with Crippen molar-refractivity contribution in [2.45, 2.75) is 19.3 Å². The zero-order valence-electron chi connectivity index (χ0n) is 27.7. The van der Waals surface area contributed by atoms with Crippen LogP contribution in [-0.4, -0.2) is 18.7 Å². The maximum absolute atomic E-state index is 5.12. The Hall–Kier alpha value is -6.20. The van der Waals surface area contributed by atoms with E-state index in [0.717, 1.165) is 39.5 Å². The lowest BCUT2D eigenvalue weighted by Gasteiger charge is -2.21. The average molecular weight is 633 g/mol. The Morgan fingerprint density at radius 1 is 0.571 bits per heavy atom. The molecule has 0 radical (unpaired) electrons. The van der Waals surface area contributed by atoms with Gasteiger partial charge in [0.25, 0.3) is 0 Å². The van der Waals surface area contributed by atoms with Gasteiger partial charge < -0.3 is 4.57 Å². The molecule has 1 aliphatic rings. The van der Waals surface area contributed by atoms with Gasteiger partial charge in [0.15, 0.2) is 0 Å². The number of hydrogen-bond donors (Lipinski definition) is 0. The van der Waals surface area contributed by atoms with E-state index in [2.05, 4.69) is 191 Å². The lowest BCUT2D eigenvalue weighted by molar-refractivity contribution is -0.670. The lowest BCUT2D eigenvalue weighted by atomic mass is 9.82. The van der Waals surface area contributed by atoms with Gasteiger partial charge in [-0.3, -0.25) is 4.57 Å². The number of aromatic nitrogens is 5. The molecule has 0 saturated heterocycles. The Morgan fingerprint density at radius 2 is 1.29 bits per heavy atom. The van der Waals surface area contributed by atoms with Crippen LogP contribution < -0.4 is 4.57 Å². The fraction of sp³-hybridized carbons (Fsp3) is 0.0909. The monoisotopic (exact) mass is 632 g/mol. The van der Waals surface area contributed by atoms with Crippen molar-refractivity contribution >= 4 is 32.8 Å². The Bertz CT molecular complexity index is 2740. The van der Waals surface area contributed by atoms with E-state index in [1.54, 1.807) is 0 Å². The van der Waals surface area contributed by atoms with E-state index in [1.807, 2.05) is 0 Å². The molecular weight excluding hydrogens is 599 g/mol. The maximum atomic E-state index is 5.12. The van der Waals surface area contributed by atoms with Gasteiger partial charge in [-0.25, -0.2) is 14.1 Å². The number of rotatable bonds is 4. The van der Waals surface area contributed by atoms with Crippen LogP contribution in [-0.2, 0) is 12.5 Å². The van der Waals surface area contributed by atoms with Gasteiger partial charge in [0.05, 0.1) is 29.1 Å². The number of benzene rings is 6. The summed E-state index contributed by atoms with van der Waals surface area (Å²) in [5, 5.41) is 2.50. The van der Waals surface area contributed by atoms with E-state index in [9.17, 15) is 0 Å². The molecule has 0 N–H and O–H groups in total. The van der Waals surface area contributed by atoms with Gasteiger partial charge in [-0.05, 0) is 101 Å². The molecule has 0 aliphatic heterocycles. The fourth-order valence-electron chi connectivity index (χ4n) is 8.06. The van der Waals surface area contributed by atoms with Crippen LogP contribution in [0.25, 0.3) is 72.4 Å². The van der Waals surface area contributed by atoms with Crippen LogP contribution in [0.2, 0.25) is 0 Å². The molecule has 0 amide bonds. The van der Waals surface area contributed by atoms with Gasteiger partial charge in [-0.1, -0.05) is 68.4 Å². The summed E-state index contributed by atoms with van der Waals surface area (Å²) in [6.07, 6.45) is 6.30. The molecule has 0 spiro atoms. The summed E-state index contributed by atoms with van der Waals surface area (Å²) in [7, 11) is 2.06. The van der Waals surface area contributed by atoms with Gasteiger partial charge in [0.1, 0.15) is 23.9 Å². The molecule has 0 unspecified atom stereocenters.